The monoisotopic (exact) mass is 382 g/mol. The molecule has 1 N–H and O–H groups in total. The van der Waals surface area contributed by atoms with E-state index in [1.165, 1.54) is 0 Å². The molecule has 0 bridgehead atoms. The number of amides is 1. The highest BCUT2D eigenvalue weighted by molar-refractivity contribution is 6.03. The third-order valence-corrected chi connectivity index (χ3v) is 5.15. The van der Waals surface area contributed by atoms with E-state index in [0.29, 0.717) is 11.4 Å². The second-order valence-corrected chi connectivity index (χ2v) is 7.22. The van der Waals surface area contributed by atoms with Crippen molar-refractivity contribution in [2.45, 2.75) is 31.7 Å². The molecule has 4 nitrogen and oxygen atoms in total. The van der Waals surface area contributed by atoms with Crippen molar-refractivity contribution in [3.63, 3.8) is 0 Å². The molecule has 0 atom stereocenters. The highest BCUT2D eigenvalue weighted by Gasteiger charge is 2.45. The Kier molecular flexibility index (Phi) is 4.49. The van der Waals surface area contributed by atoms with Gasteiger partial charge < -0.3 is 10.1 Å². The molecule has 6 heteroatoms. The lowest BCUT2D eigenvalue weighted by atomic mass is 9.88. The molecule has 1 saturated carbocycles. The summed E-state index contributed by atoms with van der Waals surface area (Å²) in [6.45, 7) is 1.99. The largest absolute Gasteiger partial charge is 0.481 e. The minimum Gasteiger partial charge on any atom is -0.481 e. The maximum atomic E-state index is 13.0. The van der Waals surface area contributed by atoms with Crippen LogP contribution in [0.3, 0.4) is 0 Å². The van der Waals surface area contributed by atoms with Crippen molar-refractivity contribution in [1.29, 1.82) is 0 Å². The Balaban J connectivity index is 1.64. The Hall–Kier alpha value is -3.02. The van der Waals surface area contributed by atoms with E-state index in [2.05, 4.69) is 10.3 Å². The maximum absolute atomic E-state index is 13.0. The molecule has 28 heavy (non-hydrogen) atoms. The van der Waals surface area contributed by atoms with Crippen molar-refractivity contribution in [1.82, 2.24) is 10.3 Å². The van der Waals surface area contributed by atoms with Gasteiger partial charge in [0.25, 0.3) is 11.8 Å². The number of carbonyl (C=O) groups is 1. The number of fused-ring (bicyclic) bond motifs is 1. The number of halogens is 2. The van der Waals surface area contributed by atoms with E-state index in [1.54, 1.807) is 25.4 Å². The molecule has 1 aliphatic rings. The Morgan fingerprint density at radius 3 is 2.64 bits per heavy atom. The fraction of sp³-hybridized carbons (Fsp3) is 0.273. The lowest BCUT2D eigenvalue weighted by Gasteiger charge is -2.35. The van der Waals surface area contributed by atoms with E-state index in [0.717, 1.165) is 27.5 Å². The summed E-state index contributed by atoms with van der Waals surface area (Å²) >= 11 is 0. The van der Waals surface area contributed by atoms with Gasteiger partial charge in [-0.25, -0.2) is 13.8 Å². The molecular formula is C22H20F2N2O2. The van der Waals surface area contributed by atoms with E-state index in [-0.39, 0.29) is 18.7 Å². The third-order valence-electron chi connectivity index (χ3n) is 5.15. The molecule has 0 saturated heterocycles. The first-order valence-corrected chi connectivity index (χ1v) is 9.09. The molecule has 4 rings (SSSR count). The Bertz CT molecular complexity index is 1060. The van der Waals surface area contributed by atoms with Gasteiger partial charge in [-0.15, -0.1) is 0 Å². The maximum Gasteiger partial charge on any atom is 0.252 e. The molecule has 2 aromatic carbocycles. The number of nitrogens with zero attached hydrogens (tertiary/aromatic N) is 1. The SMILES string of the molecule is COc1cc(C)c(-c2cccc3cc(C(=O)NC4CC(F)(F)C4)ccc23)cn1. The smallest absolute Gasteiger partial charge is 0.252 e. The Labute approximate surface area is 161 Å². The molecule has 1 aromatic heterocycles. The number of alkyl halides is 2. The number of carbonyl (C=O) groups excluding carboxylic acids is 1. The number of benzene rings is 2. The van der Waals surface area contributed by atoms with E-state index in [4.69, 9.17) is 4.74 Å². The molecule has 0 unspecified atom stereocenters. The summed E-state index contributed by atoms with van der Waals surface area (Å²) < 4.78 is 31.1. The van der Waals surface area contributed by atoms with E-state index < -0.39 is 12.0 Å². The number of nitrogens with one attached hydrogen (secondary N) is 1. The quantitative estimate of drug-likeness (QED) is 0.709. The summed E-state index contributed by atoms with van der Waals surface area (Å²) in [4.78, 5) is 16.7. The number of pyridine rings is 1. The van der Waals surface area contributed by atoms with Crippen LogP contribution < -0.4 is 10.1 Å². The van der Waals surface area contributed by atoms with Crippen LogP contribution in [0.4, 0.5) is 8.78 Å². The van der Waals surface area contributed by atoms with Crippen LogP contribution >= 0.6 is 0 Å². The van der Waals surface area contributed by atoms with Crippen LogP contribution in [0.15, 0.2) is 48.7 Å². The van der Waals surface area contributed by atoms with E-state index >= 15 is 0 Å². The molecule has 144 valence electrons. The van der Waals surface area contributed by atoms with Gasteiger partial charge in [-0.1, -0.05) is 24.3 Å². The molecule has 0 aliphatic heterocycles. The summed E-state index contributed by atoms with van der Waals surface area (Å²) in [6.07, 6.45) is 1.20. The number of hydrogen-bond acceptors (Lipinski definition) is 3. The summed E-state index contributed by atoms with van der Waals surface area (Å²) in [5.41, 5.74) is 3.49. The van der Waals surface area contributed by atoms with Crippen LogP contribution in [0, 0.1) is 6.92 Å². The fourth-order valence-corrected chi connectivity index (χ4v) is 3.62. The van der Waals surface area contributed by atoms with Gasteiger partial charge in [0.1, 0.15) is 0 Å². The average molecular weight is 382 g/mol. The first-order valence-electron chi connectivity index (χ1n) is 9.09. The van der Waals surface area contributed by atoms with E-state index in [9.17, 15) is 13.6 Å². The van der Waals surface area contributed by atoms with Crippen LogP contribution in [0.1, 0.15) is 28.8 Å². The highest BCUT2D eigenvalue weighted by atomic mass is 19.3. The number of aromatic nitrogens is 1. The van der Waals surface area contributed by atoms with Gasteiger partial charge in [0.2, 0.25) is 5.88 Å². The minimum absolute atomic E-state index is 0.291. The molecule has 0 radical (unpaired) electrons. The standard InChI is InChI=1S/C22H20F2N2O2/c1-13-8-20(28-2)25-12-19(13)18-5-3-4-14-9-15(6-7-17(14)18)21(27)26-16-10-22(23,24)11-16/h3-9,12,16H,10-11H2,1-2H3,(H,26,27). The number of hydrogen-bond donors (Lipinski definition) is 1. The van der Waals surface area contributed by atoms with Crippen molar-refractivity contribution >= 4 is 16.7 Å². The second-order valence-electron chi connectivity index (χ2n) is 7.22. The fourth-order valence-electron chi connectivity index (χ4n) is 3.62. The van der Waals surface area contributed by atoms with Gasteiger partial charge in [0.05, 0.1) is 7.11 Å². The zero-order valence-electron chi connectivity index (χ0n) is 15.6. The number of methoxy groups -OCH3 is 1. The van der Waals surface area contributed by atoms with Gasteiger partial charge in [0.15, 0.2) is 0 Å². The zero-order chi connectivity index (χ0) is 19.9. The number of ether oxygens (including phenoxy) is 1. The summed E-state index contributed by atoms with van der Waals surface area (Å²) in [5, 5.41) is 4.57. The molecule has 1 heterocycles. The van der Waals surface area contributed by atoms with Crippen molar-refractivity contribution in [2.75, 3.05) is 7.11 Å². The van der Waals surface area contributed by atoms with Crippen molar-refractivity contribution in [3.8, 4) is 17.0 Å². The second kappa shape index (κ2) is 6.86. The predicted molar refractivity (Wildman–Crippen MR) is 104 cm³/mol. The Morgan fingerprint density at radius 1 is 1.18 bits per heavy atom. The molecule has 3 aromatic rings. The third kappa shape index (κ3) is 3.42. The first kappa shape index (κ1) is 18.3. The van der Waals surface area contributed by atoms with Gasteiger partial charge in [0, 0.05) is 42.3 Å². The van der Waals surface area contributed by atoms with Crippen LogP contribution in [0.25, 0.3) is 21.9 Å². The Morgan fingerprint density at radius 2 is 1.96 bits per heavy atom. The number of rotatable bonds is 4. The lowest BCUT2D eigenvalue weighted by Crippen LogP contribution is -2.50. The molecule has 1 amide bonds. The normalized spacial score (nSPS) is 15.9. The van der Waals surface area contributed by atoms with Gasteiger partial charge in [-0.05, 0) is 41.0 Å². The molecule has 1 aliphatic carbocycles. The van der Waals surface area contributed by atoms with Crippen LogP contribution in [0.2, 0.25) is 0 Å². The van der Waals surface area contributed by atoms with Crippen LogP contribution in [-0.4, -0.2) is 30.0 Å². The first-order chi connectivity index (χ1) is 13.4. The highest BCUT2D eigenvalue weighted by Crippen LogP contribution is 2.37. The van der Waals surface area contributed by atoms with E-state index in [1.807, 2.05) is 37.3 Å². The summed E-state index contributed by atoms with van der Waals surface area (Å²) in [6, 6.07) is 12.7. The van der Waals surface area contributed by atoms with Crippen molar-refractivity contribution in [2.24, 2.45) is 0 Å². The van der Waals surface area contributed by atoms with Crippen molar-refractivity contribution in [3.05, 3.63) is 59.8 Å². The van der Waals surface area contributed by atoms with Crippen LogP contribution in [-0.2, 0) is 0 Å². The van der Waals surface area contributed by atoms with Gasteiger partial charge in [-0.3, -0.25) is 4.79 Å². The summed E-state index contributed by atoms with van der Waals surface area (Å²) in [7, 11) is 1.58. The molecular weight excluding hydrogens is 362 g/mol. The van der Waals surface area contributed by atoms with Gasteiger partial charge >= 0.3 is 0 Å². The minimum atomic E-state index is -2.65. The molecule has 0 spiro atoms. The zero-order valence-corrected chi connectivity index (χ0v) is 15.6. The molecule has 1 fully saturated rings. The van der Waals surface area contributed by atoms with Crippen molar-refractivity contribution < 1.29 is 18.3 Å². The van der Waals surface area contributed by atoms with Gasteiger partial charge in [-0.2, -0.15) is 0 Å². The number of aryl methyl sites for hydroxylation is 1. The summed E-state index contributed by atoms with van der Waals surface area (Å²) in [5.74, 6) is -2.42. The predicted octanol–water partition coefficient (Wildman–Crippen LogP) is 4.75. The van der Waals surface area contributed by atoms with Crippen LogP contribution in [0.5, 0.6) is 5.88 Å². The topological polar surface area (TPSA) is 51.2 Å². The average Bonchev–Trinajstić information content (AvgIpc) is 2.65. The lowest BCUT2D eigenvalue weighted by molar-refractivity contribution is -0.0901.